The topological polar surface area (TPSA) is 75.0 Å². The zero-order chi connectivity index (χ0) is 16.7. The zero-order valence-electron chi connectivity index (χ0n) is 12.8. The first-order valence-corrected chi connectivity index (χ1v) is 7.16. The molecule has 23 heavy (non-hydrogen) atoms. The Morgan fingerprint density at radius 1 is 1.26 bits per heavy atom. The molecule has 3 N–H and O–H groups in total. The van der Waals surface area contributed by atoms with E-state index in [9.17, 15) is 14.8 Å². The highest BCUT2D eigenvalue weighted by molar-refractivity contribution is 5.98. The van der Waals surface area contributed by atoms with Gasteiger partial charge in [-0.25, -0.2) is 4.39 Å². The molecule has 5 heteroatoms. The molecule has 1 atom stereocenters. The third-order valence-corrected chi connectivity index (χ3v) is 4.16. The predicted octanol–water partition coefficient (Wildman–Crippen LogP) is 3.11. The molecular weight excluding hydrogens is 293 g/mol. The minimum Gasteiger partial charge on any atom is -0.373 e. The van der Waals surface area contributed by atoms with Crippen molar-refractivity contribution in [2.45, 2.75) is 13.2 Å². The molecule has 0 bridgehead atoms. The quantitative estimate of drug-likeness (QED) is 0.714. The first kappa shape index (κ1) is 15.2. The summed E-state index contributed by atoms with van der Waals surface area (Å²) in [6, 6.07) is 11.8. The number of nitrogens with zero attached hydrogens (tertiary/aromatic N) is 2. The van der Waals surface area contributed by atoms with Crippen molar-refractivity contribution >= 4 is 10.9 Å². The Morgan fingerprint density at radius 3 is 2.48 bits per heavy atom. The fraction of sp³-hybridized carbons (Fsp3) is 0.167. The van der Waals surface area contributed by atoms with Gasteiger partial charge in [-0.05, 0) is 42.3 Å². The number of nitrogens with two attached hydrogens (primary N) is 1. The number of nitriles is 1. The van der Waals surface area contributed by atoms with Gasteiger partial charge in [-0.1, -0.05) is 12.1 Å². The number of aliphatic hydroxyl groups is 1. The van der Waals surface area contributed by atoms with Crippen LogP contribution in [0, 0.1) is 24.1 Å². The fourth-order valence-electron chi connectivity index (χ4n) is 3.13. The van der Waals surface area contributed by atoms with Crippen LogP contribution in [0.1, 0.15) is 23.0 Å². The number of fused-ring (bicyclic) bond motifs is 1. The number of aryl methyl sites for hydroxylation is 2. The summed E-state index contributed by atoms with van der Waals surface area (Å²) >= 11 is 0. The van der Waals surface area contributed by atoms with Crippen molar-refractivity contribution in [2.75, 3.05) is 0 Å². The lowest BCUT2D eigenvalue weighted by atomic mass is 9.99. The standard InChI is InChI=1S/C18H16FN3O/c1-10-14-7-11(9-20)8-15(12-3-5-13(19)6-4-12)17(14)22(2)16(10)18(21)23/h3-8,18,23H,21H2,1-2H3. The number of benzene rings is 2. The third kappa shape index (κ3) is 2.38. The van der Waals surface area contributed by atoms with Crippen molar-refractivity contribution in [3.8, 4) is 17.2 Å². The van der Waals surface area contributed by atoms with Crippen molar-refractivity contribution in [1.82, 2.24) is 4.57 Å². The second kappa shape index (κ2) is 5.51. The van der Waals surface area contributed by atoms with Crippen LogP contribution in [-0.2, 0) is 7.05 Å². The van der Waals surface area contributed by atoms with Gasteiger partial charge in [-0.2, -0.15) is 5.26 Å². The van der Waals surface area contributed by atoms with Crippen LogP contribution in [0.25, 0.3) is 22.0 Å². The summed E-state index contributed by atoms with van der Waals surface area (Å²) in [6.45, 7) is 1.86. The molecule has 0 saturated heterocycles. The minimum atomic E-state index is -1.11. The largest absolute Gasteiger partial charge is 0.373 e. The molecule has 116 valence electrons. The molecule has 1 aromatic heterocycles. The van der Waals surface area contributed by atoms with Crippen LogP contribution in [-0.4, -0.2) is 9.67 Å². The van der Waals surface area contributed by atoms with Crippen LogP contribution >= 0.6 is 0 Å². The van der Waals surface area contributed by atoms with Crippen molar-refractivity contribution in [3.05, 3.63) is 59.0 Å². The van der Waals surface area contributed by atoms with E-state index in [1.54, 1.807) is 24.3 Å². The van der Waals surface area contributed by atoms with Gasteiger partial charge in [-0.15, -0.1) is 0 Å². The molecule has 4 nitrogen and oxygen atoms in total. The summed E-state index contributed by atoms with van der Waals surface area (Å²) in [5.74, 6) is -0.317. The van der Waals surface area contributed by atoms with Crippen LogP contribution in [0.4, 0.5) is 4.39 Å². The predicted molar refractivity (Wildman–Crippen MR) is 86.9 cm³/mol. The molecule has 0 radical (unpaired) electrons. The van der Waals surface area contributed by atoms with Gasteiger partial charge in [0, 0.05) is 18.0 Å². The molecular formula is C18H16FN3O. The molecule has 0 saturated carbocycles. The lowest BCUT2D eigenvalue weighted by molar-refractivity contribution is 0.177. The summed E-state index contributed by atoms with van der Waals surface area (Å²) in [5.41, 5.74) is 10.1. The fourth-order valence-corrected chi connectivity index (χ4v) is 3.13. The van der Waals surface area contributed by atoms with E-state index in [1.807, 2.05) is 18.5 Å². The molecule has 0 fully saturated rings. The van der Waals surface area contributed by atoms with Crippen LogP contribution in [0.3, 0.4) is 0 Å². The normalized spacial score (nSPS) is 12.3. The van der Waals surface area contributed by atoms with Gasteiger partial charge in [0.1, 0.15) is 12.0 Å². The third-order valence-electron chi connectivity index (χ3n) is 4.16. The Balaban J connectivity index is 2.43. The molecule has 0 aliphatic rings. The maximum absolute atomic E-state index is 13.2. The SMILES string of the molecule is Cc1c(C(N)O)n(C)c2c(-c3ccc(F)cc3)cc(C#N)cc12. The Kier molecular flexibility index (Phi) is 3.64. The van der Waals surface area contributed by atoms with Gasteiger partial charge in [0.25, 0.3) is 0 Å². The number of halogens is 1. The molecule has 1 heterocycles. The van der Waals surface area contributed by atoms with E-state index < -0.39 is 6.23 Å². The number of hydrogen-bond donors (Lipinski definition) is 2. The maximum atomic E-state index is 13.2. The first-order chi connectivity index (χ1) is 10.9. The van der Waals surface area contributed by atoms with Gasteiger partial charge in [0.2, 0.25) is 0 Å². The summed E-state index contributed by atoms with van der Waals surface area (Å²) in [6.07, 6.45) is -1.11. The van der Waals surface area contributed by atoms with E-state index in [-0.39, 0.29) is 5.82 Å². The number of aliphatic hydroxyl groups excluding tert-OH is 1. The van der Waals surface area contributed by atoms with Gasteiger partial charge >= 0.3 is 0 Å². The van der Waals surface area contributed by atoms with E-state index in [4.69, 9.17) is 5.73 Å². The Bertz CT molecular complexity index is 934. The lowest BCUT2D eigenvalue weighted by Crippen LogP contribution is -2.14. The Morgan fingerprint density at radius 2 is 1.91 bits per heavy atom. The Hall–Kier alpha value is -2.68. The van der Waals surface area contributed by atoms with Crippen molar-refractivity contribution in [1.29, 1.82) is 5.26 Å². The second-order valence-electron chi connectivity index (χ2n) is 5.55. The lowest BCUT2D eigenvalue weighted by Gasteiger charge is -2.10. The number of hydrogen-bond acceptors (Lipinski definition) is 3. The van der Waals surface area contributed by atoms with Gasteiger partial charge in [0.15, 0.2) is 0 Å². The smallest absolute Gasteiger partial charge is 0.143 e. The second-order valence-corrected chi connectivity index (χ2v) is 5.55. The summed E-state index contributed by atoms with van der Waals surface area (Å²) in [5, 5.41) is 20.0. The summed E-state index contributed by atoms with van der Waals surface area (Å²) in [7, 11) is 1.82. The highest BCUT2D eigenvalue weighted by Crippen LogP contribution is 2.36. The van der Waals surface area contributed by atoms with E-state index in [0.29, 0.717) is 11.3 Å². The van der Waals surface area contributed by atoms with E-state index in [1.165, 1.54) is 12.1 Å². The highest BCUT2D eigenvalue weighted by atomic mass is 19.1. The minimum absolute atomic E-state index is 0.317. The molecule has 1 unspecified atom stereocenters. The van der Waals surface area contributed by atoms with Gasteiger partial charge in [-0.3, -0.25) is 0 Å². The number of aromatic nitrogens is 1. The summed E-state index contributed by atoms with van der Waals surface area (Å²) in [4.78, 5) is 0. The molecule has 3 aromatic rings. The van der Waals surface area contributed by atoms with E-state index in [2.05, 4.69) is 6.07 Å². The monoisotopic (exact) mass is 309 g/mol. The summed E-state index contributed by atoms with van der Waals surface area (Å²) < 4.78 is 15.0. The number of rotatable bonds is 2. The van der Waals surface area contributed by atoms with Crippen molar-refractivity contribution in [3.63, 3.8) is 0 Å². The highest BCUT2D eigenvalue weighted by Gasteiger charge is 2.19. The average Bonchev–Trinajstić information content (AvgIpc) is 2.78. The van der Waals surface area contributed by atoms with Crippen LogP contribution in [0.2, 0.25) is 0 Å². The molecule has 0 spiro atoms. The zero-order valence-corrected chi connectivity index (χ0v) is 12.8. The van der Waals surface area contributed by atoms with Crippen molar-refractivity contribution < 1.29 is 9.50 Å². The molecule has 0 aliphatic heterocycles. The van der Waals surface area contributed by atoms with E-state index >= 15 is 0 Å². The van der Waals surface area contributed by atoms with Crippen LogP contribution in [0.15, 0.2) is 36.4 Å². The van der Waals surface area contributed by atoms with Gasteiger partial charge < -0.3 is 15.4 Å². The van der Waals surface area contributed by atoms with Crippen LogP contribution < -0.4 is 5.73 Å². The average molecular weight is 309 g/mol. The van der Waals surface area contributed by atoms with E-state index in [0.717, 1.165) is 27.6 Å². The first-order valence-electron chi connectivity index (χ1n) is 7.16. The van der Waals surface area contributed by atoms with Crippen LogP contribution in [0.5, 0.6) is 0 Å². The molecule has 0 amide bonds. The van der Waals surface area contributed by atoms with Gasteiger partial charge in [0.05, 0.1) is 22.8 Å². The molecule has 3 rings (SSSR count). The van der Waals surface area contributed by atoms with Crippen molar-refractivity contribution in [2.24, 2.45) is 12.8 Å². The molecule has 2 aromatic carbocycles. The Labute approximate surface area is 133 Å². The molecule has 0 aliphatic carbocycles. The maximum Gasteiger partial charge on any atom is 0.143 e.